The standard InChI is InChI=1S/C14H24N2O3/c1-14(2,3)12-6-15-13(19-12)8-16-7-11(18-4)5-10(16)9-17/h6,10-11,17H,5,7-9H2,1-4H3/t10-,11-/m0/s1. The summed E-state index contributed by atoms with van der Waals surface area (Å²) in [6, 6.07) is 0.134. The quantitative estimate of drug-likeness (QED) is 0.898. The van der Waals surface area contributed by atoms with Crippen molar-refractivity contribution in [3.05, 3.63) is 17.8 Å². The third kappa shape index (κ3) is 3.35. The topological polar surface area (TPSA) is 58.7 Å². The maximum atomic E-state index is 9.41. The number of methoxy groups -OCH3 is 1. The molecule has 1 fully saturated rings. The molecule has 1 aliphatic heterocycles. The highest BCUT2D eigenvalue weighted by Crippen LogP contribution is 2.25. The molecule has 1 aromatic heterocycles. The Hall–Kier alpha value is -0.910. The van der Waals surface area contributed by atoms with Crippen LogP contribution in [0.1, 0.15) is 38.8 Å². The van der Waals surface area contributed by atoms with Crippen LogP contribution in [0, 0.1) is 0 Å². The van der Waals surface area contributed by atoms with E-state index in [-0.39, 0.29) is 24.2 Å². The second-order valence-electron chi connectivity index (χ2n) is 6.23. The van der Waals surface area contributed by atoms with Crippen LogP contribution >= 0.6 is 0 Å². The predicted molar refractivity (Wildman–Crippen MR) is 71.9 cm³/mol. The van der Waals surface area contributed by atoms with E-state index in [0.29, 0.717) is 12.4 Å². The second kappa shape index (κ2) is 5.61. The van der Waals surface area contributed by atoms with Gasteiger partial charge in [0.2, 0.25) is 5.89 Å². The Balaban J connectivity index is 2.02. The molecule has 2 atom stereocenters. The number of aromatic nitrogens is 1. The van der Waals surface area contributed by atoms with Crippen molar-refractivity contribution in [2.45, 2.75) is 51.3 Å². The molecule has 5 heteroatoms. The highest BCUT2D eigenvalue weighted by Gasteiger charge is 2.32. The van der Waals surface area contributed by atoms with Crippen LogP contribution in [-0.2, 0) is 16.7 Å². The van der Waals surface area contributed by atoms with E-state index < -0.39 is 0 Å². The minimum absolute atomic E-state index is 0.0261. The zero-order chi connectivity index (χ0) is 14.0. The number of hydrogen-bond acceptors (Lipinski definition) is 5. The van der Waals surface area contributed by atoms with E-state index in [1.54, 1.807) is 13.3 Å². The van der Waals surface area contributed by atoms with Gasteiger partial charge in [-0.3, -0.25) is 4.90 Å². The third-order valence-corrected chi connectivity index (χ3v) is 3.66. The fraction of sp³-hybridized carbons (Fsp3) is 0.786. The molecule has 2 heterocycles. The molecule has 108 valence electrons. The van der Waals surface area contributed by atoms with E-state index in [9.17, 15) is 5.11 Å². The molecule has 0 bridgehead atoms. The van der Waals surface area contributed by atoms with Crippen LogP contribution in [-0.4, -0.2) is 47.4 Å². The van der Waals surface area contributed by atoms with Gasteiger partial charge in [0, 0.05) is 25.1 Å². The first-order valence-electron chi connectivity index (χ1n) is 6.77. The lowest BCUT2D eigenvalue weighted by Crippen LogP contribution is -2.32. The molecule has 0 aromatic carbocycles. The molecule has 2 rings (SSSR count). The normalized spacial score (nSPS) is 25.1. The van der Waals surface area contributed by atoms with E-state index in [2.05, 4.69) is 30.7 Å². The van der Waals surface area contributed by atoms with Gasteiger partial charge in [-0.25, -0.2) is 4.98 Å². The van der Waals surface area contributed by atoms with Crippen molar-refractivity contribution < 1.29 is 14.3 Å². The molecule has 0 amide bonds. The van der Waals surface area contributed by atoms with Gasteiger partial charge in [0.05, 0.1) is 25.5 Å². The molecule has 19 heavy (non-hydrogen) atoms. The van der Waals surface area contributed by atoms with Crippen molar-refractivity contribution >= 4 is 0 Å². The van der Waals surface area contributed by atoms with E-state index in [4.69, 9.17) is 9.15 Å². The summed E-state index contributed by atoms with van der Waals surface area (Å²) < 4.78 is 11.2. The molecule has 0 unspecified atom stereocenters. The maximum absolute atomic E-state index is 9.41. The number of rotatable bonds is 4. The van der Waals surface area contributed by atoms with Gasteiger partial charge in [-0.1, -0.05) is 20.8 Å². The summed E-state index contributed by atoms with van der Waals surface area (Å²) in [6.45, 7) is 7.89. The van der Waals surface area contributed by atoms with Gasteiger partial charge in [-0.05, 0) is 6.42 Å². The fourth-order valence-corrected chi connectivity index (χ4v) is 2.40. The Morgan fingerprint density at radius 1 is 1.53 bits per heavy atom. The summed E-state index contributed by atoms with van der Waals surface area (Å²) in [5.41, 5.74) is -0.0261. The van der Waals surface area contributed by atoms with Gasteiger partial charge >= 0.3 is 0 Å². The van der Waals surface area contributed by atoms with Gasteiger partial charge in [-0.15, -0.1) is 0 Å². The first kappa shape index (κ1) is 14.5. The fourth-order valence-electron chi connectivity index (χ4n) is 2.40. The SMILES string of the molecule is CO[C@H]1C[C@@H](CO)N(Cc2ncc(C(C)(C)C)o2)C1. The van der Waals surface area contributed by atoms with Gasteiger partial charge < -0.3 is 14.3 Å². The van der Waals surface area contributed by atoms with Crippen LogP contribution in [0.25, 0.3) is 0 Å². The molecule has 5 nitrogen and oxygen atoms in total. The van der Waals surface area contributed by atoms with Crippen LogP contribution in [0.15, 0.2) is 10.6 Å². The first-order valence-corrected chi connectivity index (χ1v) is 6.77. The minimum Gasteiger partial charge on any atom is -0.444 e. The van der Waals surface area contributed by atoms with E-state index in [0.717, 1.165) is 18.7 Å². The Labute approximate surface area is 114 Å². The number of hydrogen-bond donors (Lipinski definition) is 1. The van der Waals surface area contributed by atoms with Crippen LogP contribution in [0.4, 0.5) is 0 Å². The Bertz CT molecular complexity index is 411. The van der Waals surface area contributed by atoms with Crippen molar-refractivity contribution in [1.29, 1.82) is 0 Å². The number of oxazole rings is 1. The van der Waals surface area contributed by atoms with Crippen molar-refractivity contribution in [1.82, 2.24) is 9.88 Å². The zero-order valence-corrected chi connectivity index (χ0v) is 12.2. The van der Waals surface area contributed by atoms with Gasteiger partial charge in [0.1, 0.15) is 5.76 Å². The van der Waals surface area contributed by atoms with Crippen LogP contribution in [0.5, 0.6) is 0 Å². The molecule has 1 saturated heterocycles. The van der Waals surface area contributed by atoms with Crippen LogP contribution < -0.4 is 0 Å². The van der Waals surface area contributed by atoms with Crippen LogP contribution in [0.2, 0.25) is 0 Å². The average molecular weight is 268 g/mol. The van der Waals surface area contributed by atoms with Crippen molar-refractivity contribution in [2.75, 3.05) is 20.3 Å². The molecular formula is C14H24N2O3. The molecule has 1 N–H and O–H groups in total. The van der Waals surface area contributed by atoms with Gasteiger partial charge in [0.15, 0.2) is 0 Å². The monoisotopic (exact) mass is 268 g/mol. The summed E-state index contributed by atoms with van der Waals surface area (Å²) in [5.74, 6) is 1.60. The highest BCUT2D eigenvalue weighted by atomic mass is 16.5. The summed E-state index contributed by atoms with van der Waals surface area (Å²) in [7, 11) is 1.71. The summed E-state index contributed by atoms with van der Waals surface area (Å²) in [4.78, 5) is 6.51. The molecule has 1 aliphatic rings. The van der Waals surface area contributed by atoms with Crippen molar-refractivity contribution in [3.8, 4) is 0 Å². The lowest BCUT2D eigenvalue weighted by Gasteiger charge is -2.20. The third-order valence-electron chi connectivity index (χ3n) is 3.66. The Morgan fingerprint density at radius 3 is 2.79 bits per heavy atom. The lowest BCUT2D eigenvalue weighted by molar-refractivity contribution is 0.105. The maximum Gasteiger partial charge on any atom is 0.208 e. The smallest absolute Gasteiger partial charge is 0.208 e. The van der Waals surface area contributed by atoms with E-state index >= 15 is 0 Å². The summed E-state index contributed by atoms with van der Waals surface area (Å²) >= 11 is 0. The second-order valence-corrected chi connectivity index (χ2v) is 6.23. The highest BCUT2D eigenvalue weighted by molar-refractivity contribution is 5.06. The number of nitrogens with zero attached hydrogens (tertiary/aromatic N) is 2. The number of ether oxygens (including phenoxy) is 1. The largest absolute Gasteiger partial charge is 0.444 e. The minimum atomic E-state index is -0.0261. The predicted octanol–water partition coefficient (Wildman–Crippen LogP) is 1.55. The number of aliphatic hydroxyl groups is 1. The molecule has 0 aliphatic carbocycles. The van der Waals surface area contributed by atoms with E-state index in [1.807, 2.05) is 0 Å². The summed E-state index contributed by atoms with van der Waals surface area (Å²) in [6.07, 6.45) is 2.85. The number of likely N-dealkylation sites (tertiary alicyclic amines) is 1. The van der Waals surface area contributed by atoms with Crippen molar-refractivity contribution in [3.63, 3.8) is 0 Å². The molecule has 0 radical (unpaired) electrons. The average Bonchev–Trinajstić information content (AvgIpc) is 2.95. The Morgan fingerprint density at radius 2 is 2.26 bits per heavy atom. The molecule has 0 spiro atoms. The van der Waals surface area contributed by atoms with Gasteiger partial charge in [-0.2, -0.15) is 0 Å². The lowest BCUT2D eigenvalue weighted by atomic mass is 9.94. The molecule has 0 saturated carbocycles. The van der Waals surface area contributed by atoms with Crippen LogP contribution in [0.3, 0.4) is 0 Å². The zero-order valence-electron chi connectivity index (χ0n) is 12.2. The first-order chi connectivity index (χ1) is 8.94. The molecular weight excluding hydrogens is 244 g/mol. The van der Waals surface area contributed by atoms with Crippen molar-refractivity contribution in [2.24, 2.45) is 0 Å². The van der Waals surface area contributed by atoms with E-state index in [1.165, 1.54) is 0 Å². The number of aliphatic hydroxyl groups excluding tert-OH is 1. The van der Waals surface area contributed by atoms with Gasteiger partial charge in [0.25, 0.3) is 0 Å². The molecule has 1 aromatic rings. The Kier molecular flexibility index (Phi) is 4.28. The summed E-state index contributed by atoms with van der Waals surface area (Å²) in [5, 5.41) is 9.41.